The highest BCUT2D eigenvalue weighted by atomic mass is 31.2. The molecule has 0 bridgehead atoms. The van der Waals surface area contributed by atoms with Crippen molar-refractivity contribution in [3.8, 4) is 0 Å². The Kier molecular flexibility index (Phi) is 69.4. The van der Waals surface area contributed by atoms with Gasteiger partial charge in [-0.05, 0) is 148 Å². The lowest BCUT2D eigenvalue weighted by Gasteiger charge is -2.21. The minimum absolute atomic E-state index is 0.0791. The maximum atomic E-state index is 13.0. The van der Waals surface area contributed by atoms with Crippen LogP contribution in [0.4, 0.5) is 0 Å². The first-order valence-electron chi connectivity index (χ1n) is 37.8. The molecule has 564 valence electrons. The average molecular weight is 1430 g/mol. The molecule has 0 saturated carbocycles. The molecule has 0 rings (SSSR count). The van der Waals surface area contributed by atoms with Crippen LogP contribution >= 0.6 is 15.6 Å². The van der Waals surface area contributed by atoms with Crippen molar-refractivity contribution in [1.82, 2.24) is 0 Å². The van der Waals surface area contributed by atoms with Crippen LogP contribution < -0.4 is 0 Å². The zero-order chi connectivity index (χ0) is 72.3. The molecule has 0 saturated heterocycles. The van der Waals surface area contributed by atoms with E-state index in [2.05, 4.69) is 179 Å². The largest absolute Gasteiger partial charge is 0.472 e. The third-order valence-electron chi connectivity index (χ3n) is 15.2. The number of phosphoric ester groups is 2. The fourth-order valence-electron chi connectivity index (χ4n) is 9.51. The van der Waals surface area contributed by atoms with Crippen LogP contribution in [0.5, 0.6) is 0 Å². The number of rotatable bonds is 70. The van der Waals surface area contributed by atoms with Crippen molar-refractivity contribution in [2.75, 3.05) is 39.6 Å². The van der Waals surface area contributed by atoms with Gasteiger partial charge in [0.25, 0.3) is 0 Å². The number of esters is 3. The smallest absolute Gasteiger partial charge is 0.463 e. The Bertz CT molecular complexity index is 2430. The number of aliphatic hydroxyl groups excluding tert-OH is 2. The summed E-state index contributed by atoms with van der Waals surface area (Å²) in [5.41, 5.74) is 0. The van der Waals surface area contributed by atoms with E-state index >= 15 is 0 Å². The van der Waals surface area contributed by atoms with Crippen molar-refractivity contribution in [3.05, 3.63) is 158 Å². The first-order chi connectivity index (χ1) is 48.2. The number of unbranched alkanes of at least 4 members (excludes halogenated alkanes) is 21. The summed E-state index contributed by atoms with van der Waals surface area (Å²) in [6.07, 6.45) is 90.0. The first-order valence-corrected chi connectivity index (χ1v) is 40.8. The lowest BCUT2D eigenvalue weighted by molar-refractivity contribution is -0.161. The molecule has 0 aromatic heterocycles. The van der Waals surface area contributed by atoms with Crippen molar-refractivity contribution < 1.29 is 75.8 Å². The molecule has 0 amide bonds. The molecule has 0 heterocycles. The second-order valence-corrected chi connectivity index (χ2v) is 27.6. The number of ether oxygens (including phenoxy) is 3. The van der Waals surface area contributed by atoms with Crippen molar-refractivity contribution in [3.63, 3.8) is 0 Å². The number of hydrogen-bond donors (Lipinski definition) is 4. The molecule has 4 N–H and O–H groups in total. The van der Waals surface area contributed by atoms with E-state index in [9.17, 15) is 43.5 Å². The molecule has 5 atom stereocenters. The van der Waals surface area contributed by atoms with Crippen molar-refractivity contribution in [1.29, 1.82) is 0 Å². The lowest BCUT2D eigenvalue weighted by Crippen LogP contribution is -2.30. The summed E-state index contributed by atoms with van der Waals surface area (Å²) < 4.78 is 61.0. The van der Waals surface area contributed by atoms with Gasteiger partial charge in [0.1, 0.15) is 25.4 Å². The SMILES string of the molecule is CC/C=C\C/C=C\C/C=C\C/C=C\C/C=C\C/C=C\CCCCCCCCCCC(=O)OCC(O)COP(=O)(O)OCC(O)COP(=O)(O)OCC(COC(=O)CCCCCCC/C=C\C/C=C\C/C=C\C/C=C\C/C=C\CC)OC(=O)CCCCCCC/C=C\C/C=C\CCCCC. The molecular weight excluding hydrogens is 1290 g/mol. The van der Waals surface area contributed by atoms with Gasteiger partial charge in [0.05, 0.1) is 26.4 Å². The predicted octanol–water partition coefficient (Wildman–Crippen LogP) is 21.9. The Morgan fingerprint density at radius 3 is 0.848 bits per heavy atom. The molecule has 0 radical (unpaired) electrons. The molecule has 16 nitrogen and oxygen atoms in total. The zero-order valence-electron chi connectivity index (χ0n) is 61.4. The number of allylic oxidation sites excluding steroid dienone is 26. The van der Waals surface area contributed by atoms with Crippen LogP contribution in [0.3, 0.4) is 0 Å². The molecule has 0 aromatic carbocycles. The number of carbonyl (C=O) groups is 3. The summed E-state index contributed by atoms with van der Waals surface area (Å²) in [6, 6.07) is 0. The maximum absolute atomic E-state index is 13.0. The molecule has 0 aliphatic heterocycles. The van der Waals surface area contributed by atoms with E-state index in [0.717, 1.165) is 180 Å². The van der Waals surface area contributed by atoms with Crippen molar-refractivity contribution >= 4 is 33.6 Å². The Morgan fingerprint density at radius 1 is 0.293 bits per heavy atom. The Balaban J connectivity index is 4.63. The number of phosphoric acid groups is 2. The van der Waals surface area contributed by atoms with Crippen LogP contribution in [0, 0.1) is 0 Å². The summed E-state index contributed by atoms with van der Waals surface area (Å²) in [5.74, 6) is -1.63. The van der Waals surface area contributed by atoms with Gasteiger partial charge in [-0.15, -0.1) is 0 Å². The van der Waals surface area contributed by atoms with Gasteiger partial charge in [-0.1, -0.05) is 269 Å². The Hall–Kier alpha value is -4.83. The van der Waals surface area contributed by atoms with Crippen LogP contribution in [-0.4, -0.2) is 95.9 Å². The highest BCUT2D eigenvalue weighted by Gasteiger charge is 2.29. The molecule has 0 spiro atoms. The standard InChI is InChI=1S/C81H134O16P2/c1-4-7-10-13-16-19-22-25-28-30-32-34-35-36-37-38-39-41-43-44-47-49-52-55-58-61-64-67-79(84)91-70-76(82)71-93-98(87,88)94-72-77(83)73-95-99(89,90)96-75-78(97-81(86)69-66-63-60-57-54-51-46-27-24-21-18-15-12-9-6-3)74-92-80(85)68-65-62-59-56-53-50-48-45-42-40-33-31-29-26-23-20-17-14-11-8-5-2/h7-8,10-11,16-21,25-29,32-34,36-37,39-41,45-46,48,76-78,82-83H,4-6,9,12-15,22-24,30-31,35,38,42-44,47,49-75H2,1-3H3,(H,87,88)(H,89,90)/b10-7-,11-8-,19-16-,20-17-,21-18-,28-25-,29-26-,34-32-,37-36-,40-33-,41-39-,46-27-,48-45-. The quantitative estimate of drug-likeness (QED) is 0.0146. The molecule has 0 fully saturated rings. The van der Waals surface area contributed by atoms with E-state index in [1.165, 1.54) is 38.5 Å². The molecule has 99 heavy (non-hydrogen) atoms. The van der Waals surface area contributed by atoms with E-state index in [1.807, 2.05) is 0 Å². The average Bonchev–Trinajstić information content (AvgIpc) is 1.44. The van der Waals surface area contributed by atoms with E-state index in [1.54, 1.807) is 0 Å². The fraction of sp³-hybridized carbons (Fsp3) is 0.642. The van der Waals surface area contributed by atoms with E-state index < -0.39 is 91.5 Å². The summed E-state index contributed by atoms with van der Waals surface area (Å²) in [6.45, 7) is 2.36. The van der Waals surface area contributed by atoms with Gasteiger partial charge in [0.2, 0.25) is 0 Å². The zero-order valence-corrected chi connectivity index (χ0v) is 63.1. The van der Waals surface area contributed by atoms with Gasteiger partial charge in [-0.2, -0.15) is 0 Å². The minimum Gasteiger partial charge on any atom is -0.463 e. The molecule has 18 heteroatoms. The predicted molar refractivity (Wildman–Crippen MR) is 408 cm³/mol. The van der Waals surface area contributed by atoms with Crippen molar-refractivity contribution in [2.45, 2.75) is 296 Å². The van der Waals surface area contributed by atoms with E-state index in [-0.39, 0.29) is 19.3 Å². The third kappa shape index (κ3) is 74.2. The summed E-state index contributed by atoms with van der Waals surface area (Å²) in [5, 5.41) is 20.6. The minimum atomic E-state index is -4.94. The second-order valence-electron chi connectivity index (χ2n) is 24.7. The van der Waals surface area contributed by atoms with Crippen LogP contribution in [0.1, 0.15) is 278 Å². The topological polar surface area (TPSA) is 231 Å². The highest BCUT2D eigenvalue weighted by molar-refractivity contribution is 7.47. The van der Waals surface area contributed by atoms with Crippen LogP contribution in [-0.2, 0) is 55.8 Å². The summed E-state index contributed by atoms with van der Waals surface area (Å²) in [4.78, 5) is 58.6. The molecule has 0 aromatic rings. The Labute approximate surface area is 600 Å². The summed E-state index contributed by atoms with van der Waals surface area (Å²) >= 11 is 0. The third-order valence-corrected chi connectivity index (χ3v) is 17.1. The van der Waals surface area contributed by atoms with Crippen molar-refractivity contribution in [2.24, 2.45) is 0 Å². The van der Waals surface area contributed by atoms with Gasteiger partial charge in [-0.25, -0.2) is 9.13 Å². The van der Waals surface area contributed by atoms with E-state index in [4.69, 9.17) is 32.3 Å². The van der Waals surface area contributed by atoms with Crippen LogP contribution in [0.25, 0.3) is 0 Å². The number of aliphatic hydroxyl groups is 2. The fourth-order valence-corrected chi connectivity index (χ4v) is 11.1. The normalized spacial score (nSPS) is 14.9. The van der Waals surface area contributed by atoms with Gasteiger partial charge < -0.3 is 34.2 Å². The lowest BCUT2D eigenvalue weighted by atomic mass is 10.1. The van der Waals surface area contributed by atoms with E-state index in [0.29, 0.717) is 19.3 Å². The first kappa shape index (κ1) is 94.2. The maximum Gasteiger partial charge on any atom is 0.472 e. The molecular formula is C81H134O16P2. The summed E-state index contributed by atoms with van der Waals surface area (Å²) in [7, 11) is -9.81. The monoisotopic (exact) mass is 1420 g/mol. The number of hydrogen-bond acceptors (Lipinski definition) is 14. The molecule has 5 unspecified atom stereocenters. The Morgan fingerprint density at radius 2 is 0.535 bits per heavy atom. The van der Waals surface area contributed by atoms with Gasteiger partial charge in [0, 0.05) is 19.3 Å². The van der Waals surface area contributed by atoms with Crippen LogP contribution in [0.15, 0.2) is 158 Å². The van der Waals surface area contributed by atoms with Crippen LogP contribution in [0.2, 0.25) is 0 Å². The highest BCUT2D eigenvalue weighted by Crippen LogP contribution is 2.45. The second kappa shape index (κ2) is 72.9. The van der Waals surface area contributed by atoms with Gasteiger partial charge in [0.15, 0.2) is 6.10 Å². The molecule has 0 aliphatic carbocycles. The molecule has 0 aliphatic rings. The van der Waals surface area contributed by atoms with Gasteiger partial charge in [-0.3, -0.25) is 32.5 Å². The van der Waals surface area contributed by atoms with Gasteiger partial charge >= 0.3 is 33.6 Å². The number of carbonyl (C=O) groups excluding carboxylic acids is 3.